The smallest absolute Gasteiger partial charge is 0.167 e. The maximum atomic E-state index is 11.9. The molecule has 0 amide bonds. The summed E-state index contributed by atoms with van der Waals surface area (Å²) in [5.74, 6) is 1.13. The molecule has 0 radical (unpaired) electrons. The number of Topliss-reactive ketones (excluding diaryl/α,β-unsaturated/α-hetero) is 1. The third-order valence-electron chi connectivity index (χ3n) is 2.44. The summed E-state index contributed by atoms with van der Waals surface area (Å²) >= 11 is 3.39. The van der Waals surface area contributed by atoms with Gasteiger partial charge < -0.3 is 15.2 Å². The van der Waals surface area contributed by atoms with Gasteiger partial charge in [-0.3, -0.25) is 4.79 Å². The fraction of sp³-hybridized carbons (Fsp3) is 0.417. The van der Waals surface area contributed by atoms with E-state index in [9.17, 15) is 4.79 Å². The molecule has 0 spiro atoms. The van der Waals surface area contributed by atoms with Gasteiger partial charge in [-0.2, -0.15) is 0 Å². The number of ether oxygens (including phenoxy) is 2. The van der Waals surface area contributed by atoms with Crippen molar-refractivity contribution in [3.05, 3.63) is 21.7 Å². The maximum absolute atomic E-state index is 11.9. The topological polar surface area (TPSA) is 61.5 Å². The zero-order chi connectivity index (χ0) is 13.0. The largest absolute Gasteiger partial charge is 0.495 e. The Morgan fingerprint density at radius 1 is 1.35 bits per heavy atom. The zero-order valence-electron chi connectivity index (χ0n) is 10.2. The van der Waals surface area contributed by atoms with Crippen LogP contribution in [-0.4, -0.2) is 26.5 Å². The first-order valence-electron chi connectivity index (χ1n) is 5.21. The number of hydrogen-bond donors (Lipinski definition) is 1. The molecule has 1 rings (SSSR count). The van der Waals surface area contributed by atoms with Crippen molar-refractivity contribution in [2.75, 3.05) is 20.8 Å². The molecule has 0 atom stereocenters. The van der Waals surface area contributed by atoms with Gasteiger partial charge in [-0.1, -0.05) is 0 Å². The number of ketones is 1. The number of aryl methyl sites for hydroxylation is 1. The number of benzene rings is 1. The van der Waals surface area contributed by atoms with Crippen molar-refractivity contribution < 1.29 is 14.3 Å². The van der Waals surface area contributed by atoms with Crippen LogP contribution in [0.3, 0.4) is 0 Å². The van der Waals surface area contributed by atoms with Crippen molar-refractivity contribution in [3.63, 3.8) is 0 Å². The van der Waals surface area contributed by atoms with Crippen LogP contribution in [-0.2, 0) is 0 Å². The number of carbonyl (C=O) groups excluding carboxylic acids is 1. The lowest BCUT2D eigenvalue weighted by Crippen LogP contribution is -2.10. The lowest BCUT2D eigenvalue weighted by molar-refractivity contribution is 0.0982. The summed E-state index contributed by atoms with van der Waals surface area (Å²) in [7, 11) is 3.10. The van der Waals surface area contributed by atoms with Gasteiger partial charge in [-0.15, -0.1) is 0 Å². The summed E-state index contributed by atoms with van der Waals surface area (Å²) in [5, 5.41) is 0. The highest BCUT2D eigenvalue weighted by Gasteiger charge is 2.19. The molecule has 1 aromatic rings. The van der Waals surface area contributed by atoms with Crippen molar-refractivity contribution >= 4 is 21.7 Å². The van der Waals surface area contributed by atoms with Gasteiger partial charge in [0, 0.05) is 6.42 Å². The Bertz CT molecular complexity index is 432. The van der Waals surface area contributed by atoms with Gasteiger partial charge in [-0.05, 0) is 41.0 Å². The lowest BCUT2D eigenvalue weighted by Gasteiger charge is -2.15. The third kappa shape index (κ3) is 2.79. The molecule has 2 N–H and O–H groups in total. The number of methoxy groups -OCH3 is 2. The van der Waals surface area contributed by atoms with Crippen LogP contribution in [0.4, 0.5) is 0 Å². The third-order valence-corrected chi connectivity index (χ3v) is 3.16. The second-order valence-corrected chi connectivity index (χ2v) is 4.38. The monoisotopic (exact) mass is 301 g/mol. The van der Waals surface area contributed by atoms with Gasteiger partial charge in [0.15, 0.2) is 5.78 Å². The van der Waals surface area contributed by atoms with Crippen LogP contribution in [0.25, 0.3) is 0 Å². The highest BCUT2D eigenvalue weighted by molar-refractivity contribution is 9.10. The number of hydrogen-bond acceptors (Lipinski definition) is 4. The second-order valence-electron chi connectivity index (χ2n) is 3.58. The summed E-state index contributed by atoms with van der Waals surface area (Å²) in [6.45, 7) is 2.20. The average Bonchev–Trinajstić information content (AvgIpc) is 2.29. The van der Waals surface area contributed by atoms with E-state index in [1.807, 2.05) is 6.92 Å². The minimum absolute atomic E-state index is 0.0317. The maximum Gasteiger partial charge on any atom is 0.167 e. The van der Waals surface area contributed by atoms with Crippen LogP contribution in [0.2, 0.25) is 0 Å². The summed E-state index contributed by atoms with van der Waals surface area (Å²) < 4.78 is 11.2. The van der Waals surface area contributed by atoms with E-state index in [4.69, 9.17) is 15.2 Å². The summed E-state index contributed by atoms with van der Waals surface area (Å²) in [6.07, 6.45) is 0.300. The molecule has 0 bridgehead atoms. The Morgan fingerprint density at radius 3 is 2.41 bits per heavy atom. The molecule has 5 heteroatoms. The molecule has 0 aliphatic rings. The van der Waals surface area contributed by atoms with E-state index in [2.05, 4.69) is 15.9 Å². The molecule has 4 nitrogen and oxygen atoms in total. The minimum atomic E-state index is -0.0317. The Kier molecular flexibility index (Phi) is 4.96. The van der Waals surface area contributed by atoms with Gasteiger partial charge in [0.05, 0.1) is 19.8 Å². The fourth-order valence-corrected chi connectivity index (χ4v) is 2.52. The second kappa shape index (κ2) is 6.02. The molecule has 0 saturated carbocycles. The van der Waals surface area contributed by atoms with Crippen molar-refractivity contribution in [2.45, 2.75) is 13.3 Å². The van der Waals surface area contributed by atoms with E-state index in [-0.39, 0.29) is 5.78 Å². The van der Waals surface area contributed by atoms with Crippen LogP contribution in [0, 0.1) is 6.92 Å². The van der Waals surface area contributed by atoms with E-state index in [1.165, 1.54) is 7.11 Å². The number of carbonyl (C=O) groups is 1. The SMILES string of the molecule is COc1c(C)cc(C(=O)CCN)c(OC)c1Br. The van der Waals surface area contributed by atoms with Crippen LogP contribution >= 0.6 is 15.9 Å². The van der Waals surface area contributed by atoms with Crippen molar-refractivity contribution in [1.29, 1.82) is 0 Å². The van der Waals surface area contributed by atoms with E-state index in [1.54, 1.807) is 13.2 Å². The molecule has 0 aliphatic heterocycles. The van der Waals surface area contributed by atoms with Crippen LogP contribution in [0.15, 0.2) is 10.5 Å². The normalized spacial score (nSPS) is 10.2. The van der Waals surface area contributed by atoms with Gasteiger partial charge in [0.1, 0.15) is 16.0 Å². The van der Waals surface area contributed by atoms with E-state index >= 15 is 0 Å². The fourth-order valence-electron chi connectivity index (χ4n) is 1.67. The highest BCUT2D eigenvalue weighted by Crippen LogP contribution is 2.40. The summed E-state index contributed by atoms with van der Waals surface area (Å²) in [4.78, 5) is 11.9. The predicted molar refractivity (Wildman–Crippen MR) is 70.0 cm³/mol. The summed E-state index contributed by atoms with van der Waals surface area (Å²) in [5.41, 5.74) is 6.80. The Labute approximate surface area is 109 Å². The first-order chi connectivity index (χ1) is 8.06. The standard InChI is InChI=1S/C12H16BrNO3/c1-7-6-8(9(15)4-5-14)12(17-3)10(13)11(7)16-2/h6H,4-5,14H2,1-3H3. The first kappa shape index (κ1) is 14.0. The van der Waals surface area contributed by atoms with Crippen molar-refractivity contribution in [2.24, 2.45) is 5.73 Å². The van der Waals surface area contributed by atoms with E-state index < -0.39 is 0 Å². The highest BCUT2D eigenvalue weighted by atomic mass is 79.9. The molecular weight excluding hydrogens is 286 g/mol. The van der Waals surface area contributed by atoms with Crippen LogP contribution < -0.4 is 15.2 Å². The molecule has 0 unspecified atom stereocenters. The molecule has 94 valence electrons. The minimum Gasteiger partial charge on any atom is -0.495 e. The van der Waals surface area contributed by atoms with Crippen LogP contribution in [0.1, 0.15) is 22.3 Å². The molecular formula is C12H16BrNO3. The Morgan fingerprint density at radius 2 is 1.94 bits per heavy atom. The lowest BCUT2D eigenvalue weighted by atomic mass is 10.0. The molecule has 0 fully saturated rings. The molecule has 17 heavy (non-hydrogen) atoms. The van der Waals surface area contributed by atoms with Gasteiger partial charge >= 0.3 is 0 Å². The molecule has 0 aromatic heterocycles. The van der Waals surface area contributed by atoms with Gasteiger partial charge in [-0.25, -0.2) is 0 Å². The summed E-state index contributed by atoms with van der Waals surface area (Å²) in [6, 6.07) is 1.76. The predicted octanol–water partition coefficient (Wildman–Crippen LogP) is 2.31. The molecule has 0 saturated heterocycles. The van der Waals surface area contributed by atoms with Crippen molar-refractivity contribution in [3.8, 4) is 11.5 Å². The van der Waals surface area contributed by atoms with Crippen LogP contribution in [0.5, 0.6) is 11.5 Å². The molecule has 0 heterocycles. The first-order valence-corrected chi connectivity index (χ1v) is 6.00. The van der Waals surface area contributed by atoms with Gasteiger partial charge in [0.2, 0.25) is 0 Å². The number of rotatable bonds is 5. The average molecular weight is 302 g/mol. The number of halogens is 1. The Balaban J connectivity index is 3.36. The van der Waals surface area contributed by atoms with Crippen molar-refractivity contribution in [1.82, 2.24) is 0 Å². The molecule has 1 aromatic carbocycles. The number of nitrogens with two attached hydrogens (primary N) is 1. The van der Waals surface area contributed by atoms with E-state index in [0.29, 0.717) is 34.5 Å². The van der Waals surface area contributed by atoms with Gasteiger partial charge in [0.25, 0.3) is 0 Å². The van der Waals surface area contributed by atoms with E-state index in [0.717, 1.165) is 5.56 Å². The molecule has 0 aliphatic carbocycles. The Hall–Kier alpha value is -1.07. The zero-order valence-corrected chi connectivity index (χ0v) is 11.8. The quantitative estimate of drug-likeness (QED) is 0.848.